The van der Waals surface area contributed by atoms with Crippen molar-refractivity contribution < 1.29 is 33.1 Å². The number of benzene rings is 1. The van der Waals surface area contributed by atoms with Gasteiger partial charge in [0.1, 0.15) is 23.5 Å². The molecule has 15 nitrogen and oxygen atoms in total. The SMILES string of the molecule is CC(C)(C)C(=O)OCn1nnnc1C1N2C(=O)C(NC(=O)[C@H](NC(=O)NC(=O)c3ccco3)c3ccccc3)[C@H]2SC1(C)C. The van der Waals surface area contributed by atoms with Crippen molar-refractivity contribution in [3.63, 3.8) is 0 Å². The molecule has 3 aromatic rings. The third kappa shape index (κ3) is 6.02. The van der Waals surface area contributed by atoms with Crippen molar-refractivity contribution >= 4 is 41.5 Å². The topological polar surface area (TPSA) is 191 Å². The Balaban J connectivity index is 1.29. The van der Waals surface area contributed by atoms with Crippen molar-refractivity contribution in [3.05, 3.63) is 65.9 Å². The normalized spacial score (nSPS) is 21.1. The molecule has 5 rings (SSSR count). The van der Waals surface area contributed by atoms with Crippen LogP contribution in [-0.2, 0) is 25.9 Å². The number of amides is 5. The highest BCUT2D eigenvalue weighted by atomic mass is 32.2. The van der Waals surface area contributed by atoms with Gasteiger partial charge >= 0.3 is 12.0 Å². The summed E-state index contributed by atoms with van der Waals surface area (Å²) < 4.78 is 11.2. The van der Waals surface area contributed by atoms with E-state index in [4.69, 9.17) is 9.15 Å². The first-order valence-electron chi connectivity index (χ1n) is 13.7. The minimum absolute atomic E-state index is 0.0742. The third-order valence-electron chi connectivity index (χ3n) is 7.12. The maximum Gasteiger partial charge on any atom is 0.322 e. The molecule has 2 saturated heterocycles. The number of ether oxygens (including phenoxy) is 1. The summed E-state index contributed by atoms with van der Waals surface area (Å²) in [6, 6.07) is 7.70. The molecule has 2 aromatic heterocycles. The summed E-state index contributed by atoms with van der Waals surface area (Å²) >= 11 is 1.46. The molecule has 0 bridgehead atoms. The number of esters is 1. The van der Waals surface area contributed by atoms with Crippen LogP contribution in [0, 0.1) is 5.41 Å². The van der Waals surface area contributed by atoms with E-state index < -0.39 is 57.5 Å². The van der Waals surface area contributed by atoms with Gasteiger partial charge in [-0.2, -0.15) is 4.68 Å². The van der Waals surface area contributed by atoms with Gasteiger partial charge < -0.3 is 24.7 Å². The maximum atomic E-state index is 13.6. The van der Waals surface area contributed by atoms with E-state index in [-0.39, 0.29) is 18.4 Å². The van der Waals surface area contributed by atoms with Gasteiger partial charge in [-0.15, -0.1) is 16.9 Å². The number of carbonyl (C=O) groups is 5. The largest absolute Gasteiger partial charge is 0.459 e. The summed E-state index contributed by atoms with van der Waals surface area (Å²) in [5, 5.41) is 18.8. The lowest BCUT2D eigenvalue weighted by Crippen LogP contribution is -2.68. The van der Waals surface area contributed by atoms with E-state index in [2.05, 4.69) is 31.5 Å². The number of nitrogens with zero attached hydrogens (tertiary/aromatic N) is 5. The van der Waals surface area contributed by atoms with Crippen molar-refractivity contribution in [2.45, 2.75) is 69.6 Å². The van der Waals surface area contributed by atoms with E-state index in [1.165, 1.54) is 34.8 Å². The molecule has 44 heavy (non-hydrogen) atoms. The zero-order valence-electron chi connectivity index (χ0n) is 24.6. The van der Waals surface area contributed by atoms with Crippen LogP contribution in [0.3, 0.4) is 0 Å². The number of carbonyl (C=O) groups excluding carboxylic acids is 5. The molecule has 232 valence electrons. The van der Waals surface area contributed by atoms with E-state index in [1.54, 1.807) is 56.0 Å². The van der Waals surface area contributed by atoms with Gasteiger partial charge in [-0.1, -0.05) is 30.3 Å². The van der Waals surface area contributed by atoms with Gasteiger partial charge in [0, 0.05) is 4.75 Å². The molecule has 2 aliphatic rings. The first-order chi connectivity index (χ1) is 20.8. The lowest BCUT2D eigenvalue weighted by molar-refractivity contribution is -0.158. The van der Waals surface area contributed by atoms with Crippen LogP contribution in [0.4, 0.5) is 4.79 Å². The number of hydrogen-bond donors (Lipinski definition) is 3. The number of imide groups is 1. The second-order valence-corrected chi connectivity index (χ2v) is 13.6. The molecule has 16 heteroatoms. The van der Waals surface area contributed by atoms with E-state index in [1.807, 2.05) is 13.8 Å². The predicted octanol–water partition coefficient (Wildman–Crippen LogP) is 1.91. The van der Waals surface area contributed by atoms with Crippen LogP contribution in [0.25, 0.3) is 0 Å². The summed E-state index contributed by atoms with van der Waals surface area (Å²) in [7, 11) is 0. The standard InChI is InChI=1S/C28H32N8O7S/c1-27(2,3)25(40)43-14-35-20(32-33-34-35)19-28(4,5)44-24-18(23(39)36(19)24)29-22(38)17(15-10-7-6-8-11-15)30-26(41)31-21(37)16-12-9-13-42-16/h6-13,17-19,24H,14H2,1-5H3,(H,29,38)(H2,30,31,37,41)/t17-,18?,19?,24-/m1/s1. The summed E-state index contributed by atoms with van der Waals surface area (Å²) in [5.74, 6) is -1.95. The van der Waals surface area contributed by atoms with Crippen LogP contribution in [0.1, 0.15) is 68.6 Å². The number of hydrogen-bond acceptors (Lipinski definition) is 11. The predicted molar refractivity (Wildman–Crippen MR) is 154 cm³/mol. The summed E-state index contributed by atoms with van der Waals surface area (Å²) in [6.45, 7) is 8.83. The van der Waals surface area contributed by atoms with Gasteiger partial charge in [0.05, 0.1) is 11.7 Å². The highest BCUT2D eigenvalue weighted by Gasteiger charge is 2.63. The second kappa shape index (κ2) is 11.7. The molecule has 0 radical (unpaired) electrons. The molecule has 0 saturated carbocycles. The molecule has 2 unspecified atom stereocenters. The fourth-order valence-corrected chi connectivity index (χ4v) is 6.55. The lowest BCUT2D eigenvalue weighted by atomic mass is 9.95. The Hall–Kier alpha value is -4.73. The minimum atomic E-state index is -1.22. The highest BCUT2D eigenvalue weighted by molar-refractivity contribution is 8.01. The van der Waals surface area contributed by atoms with E-state index in [0.29, 0.717) is 11.4 Å². The van der Waals surface area contributed by atoms with Crippen molar-refractivity contribution in [1.82, 2.24) is 41.1 Å². The van der Waals surface area contributed by atoms with Crippen LogP contribution in [-0.4, -0.2) is 71.0 Å². The molecular formula is C28H32N8O7S. The Kier molecular flexibility index (Phi) is 8.20. The van der Waals surface area contributed by atoms with Gasteiger partial charge in [-0.3, -0.25) is 24.5 Å². The highest BCUT2D eigenvalue weighted by Crippen LogP contribution is 2.57. The number of furan rings is 1. The lowest BCUT2D eigenvalue weighted by Gasteiger charge is -2.44. The number of β-lactam (4-membered cyclic amide) rings is 1. The summed E-state index contributed by atoms with van der Waals surface area (Å²) in [4.78, 5) is 66.0. The molecule has 0 aliphatic carbocycles. The van der Waals surface area contributed by atoms with Crippen LogP contribution in [0.15, 0.2) is 53.1 Å². The number of tetrazole rings is 1. The average molecular weight is 625 g/mol. The van der Waals surface area contributed by atoms with Crippen molar-refractivity contribution in [2.24, 2.45) is 5.41 Å². The Morgan fingerprint density at radius 1 is 1.11 bits per heavy atom. The first-order valence-corrected chi connectivity index (χ1v) is 14.6. The molecule has 4 atom stereocenters. The molecule has 5 amide bonds. The second-order valence-electron chi connectivity index (χ2n) is 11.8. The fourth-order valence-electron chi connectivity index (χ4n) is 4.92. The fraction of sp³-hybridized carbons (Fsp3) is 0.429. The third-order valence-corrected chi connectivity index (χ3v) is 8.69. The Morgan fingerprint density at radius 2 is 1.84 bits per heavy atom. The van der Waals surface area contributed by atoms with E-state index >= 15 is 0 Å². The Bertz CT molecular complexity index is 1570. The zero-order valence-corrected chi connectivity index (χ0v) is 25.5. The van der Waals surface area contributed by atoms with Crippen LogP contribution < -0.4 is 16.0 Å². The minimum Gasteiger partial charge on any atom is -0.459 e. The van der Waals surface area contributed by atoms with Crippen LogP contribution >= 0.6 is 11.8 Å². The monoisotopic (exact) mass is 624 g/mol. The van der Waals surface area contributed by atoms with Crippen molar-refractivity contribution in [1.29, 1.82) is 0 Å². The number of urea groups is 1. The Labute approximate surface area is 256 Å². The number of nitrogens with one attached hydrogen (secondary N) is 3. The van der Waals surface area contributed by atoms with Crippen molar-refractivity contribution in [3.8, 4) is 0 Å². The molecule has 2 aliphatic heterocycles. The zero-order chi connectivity index (χ0) is 31.8. The molecule has 4 heterocycles. The van der Waals surface area contributed by atoms with Gasteiger partial charge in [0.2, 0.25) is 11.8 Å². The number of thioether (sulfide) groups is 1. The summed E-state index contributed by atoms with van der Waals surface area (Å²) in [5.41, 5.74) is -0.279. The molecule has 0 spiro atoms. The number of fused-ring (bicyclic) bond motifs is 1. The van der Waals surface area contributed by atoms with E-state index in [0.717, 1.165) is 0 Å². The number of rotatable bonds is 8. The molecule has 3 N–H and O–H groups in total. The van der Waals surface area contributed by atoms with Crippen LogP contribution in [0.5, 0.6) is 0 Å². The number of aromatic nitrogens is 4. The first kappa shape index (κ1) is 30.7. The maximum absolute atomic E-state index is 13.6. The summed E-state index contributed by atoms with van der Waals surface area (Å²) in [6.07, 6.45) is 1.29. The quantitative estimate of drug-likeness (QED) is 0.245. The average Bonchev–Trinajstić information content (AvgIpc) is 3.72. The van der Waals surface area contributed by atoms with E-state index in [9.17, 15) is 24.0 Å². The van der Waals surface area contributed by atoms with Gasteiger partial charge in [0.25, 0.3) is 5.91 Å². The molecule has 2 fully saturated rings. The van der Waals surface area contributed by atoms with Gasteiger partial charge in [-0.05, 0) is 62.7 Å². The van der Waals surface area contributed by atoms with Gasteiger partial charge in [0.15, 0.2) is 18.3 Å². The van der Waals surface area contributed by atoms with Gasteiger partial charge in [-0.25, -0.2) is 4.79 Å². The molecular weight excluding hydrogens is 592 g/mol. The van der Waals surface area contributed by atoms with Crippen LogP contribution in [0.2, 0.25) is 0 Å². The van der Waals surface area contributed by atoms with Crippen molar-refractivity contribution in [2.75, 3.05) is 0 Å². The Morgan fingerprint density at radius 3 is 2.50 bits per heavy atom. The smallest absolute Gasteiger partial charge is 0.322 e. The molecule has 1 aromatic carbocycles.